The van der Waals surface area contributed by atoms with Crippen LogP contribution in [-0.4, -0.2) is 15.0 Å². The average molecular weight is 329 g/mol. The molecule has 0 saturated heterocycles. The lowest BCUT2D eigenvalue weighted by Crippen LogP contribution is -1.93. The van der Waals surface area contributed by atoms with Crippen molar-refractivity contribution < 1.29 is 0 Å². The third-order valence-corrected chi connectivity index (χ3v) is 4.63. The van der Waals surface area contributed by atoms with Crippen molar-refractivity contribution in [2.24, 2.45) is 0 Å². The monoisotopic (exact) mass is 329 g/mol. The van der Waals surface area contributed by atoms with Gasteiger partial charge in [0.15, 0.2) is 5.82 Å². The van der Waals surface area contributed by atoms with Crippen LogP contribution in [0.5, 0.6) is 0 Å². The Labute approximate surface area is 144 Å². The predicted molar refractivity (Wildman–Crippen MR) is 98.1 cm³/mol. The molecule has 0 bridgehead atoms. The highest BCUT2D eigenvalue weighted by Gasteiger charge is 2.06. The maximum atomic E-state index is 4.71. The summed E-state index contributed by atoms with van der Waals surface area (Å²) in [5.74, 6) is 0.653. The average Bonchev–Trinajstić information content (AvgIpc) is 2.63. The number of para-hydroxylation sites is 1. The normalized spacial score (nSPS) is 10.9. The van der Waals surface area contributed by atoms with Gasteiger partial charge in [0.2, 0.25) is 0 Å². The maximum Gasteiger partial charge on any atom is 0.178 e. The second-order valence-corrected chi connectivity index (χ2v) is 6.62. The number of aryl methyl sites for hydroxylation is 1. The molecule has 0 N–H and O–H groups in total. The Hall–Kier alpha value is -2.72. The third-order valence-electron chi connectivity index (χ3n) is 3.69. The lowest BCUT2D eigenvalue weighted by atomic mass is 10.2. The molecule has 0 saturated carbocycles. The van der Waals surface area contributed by atoms with Crippen molar-refractivity contribution in [2.75, 3.05) is 0 Å². The van der Waals surface area contributed by atoms with Gasteiger partial charge in [-0.05, 0) is 37.3 Å². The first-order valence-electron chi connectivity index (χ1n) is 7.72. The molecule has 0 spiro atoms. The Balaban J connectivity index is 1.67. The summed E-state index contributed by atoms with van der Waals surface area (Å²) in [6.07, 6.45) is 1.85. The number of nitrogens with zero attached hydrogens (tertiary/aromatic N) is 3. The van der Waals surface area contributed by atoms with Crippen molar-refractivity contribution in [3.05, 3.63) is 78.5 Å². The number of pyridine rings is 1. The van der Waals surface area contributed by atoms with E-state index >= 15 is 0 Å². The van der Waals surface area contributed by atoms with Crippen LogP contribution in [0.25, 0.3) is 22.4 Å². The van der Waals surface area contributed by atoms with Crippen LogP contribution in [0.15, 0.2) is 82.8 Å². The zero-order valence-electron chi connectivity index (χ0n) is 13.2. The molecule has 4 heteroatoms. The van der Waals surface area contributed by atoms with Gasteiger partial charge in [0.1, 0.15) is 10.7 Å². The molecule has 0 aliphatic rings. The molecule has 0 amide bonds. The van der Waals surface area contributed by atoms with E-state index in [-0.39, 0.29) is 0 Å². The molecule has 0 atom stereocenters. The fraction of sp³-hybridized carbons (Fsp3) is 0.0500. The van der Waals surface area contributed by atoms with Crippen molar-refractivity contribution >= 4 is 22.7 Å². The largest absolute Gasteiger partial charge is 0.238 e. The second-order valence-electron chi connectivity index (χ2n) is 5.53. The molecule has 2 aromatic heterocycles. The molecule has 0 aliphatic heterocycles. The van der Waals surface area contributed by atoms with Gasteiger partial charge in [-0.15, -0.1) is 0 Å². The minimum Gasteiger partial charge on any atom is -0.238 e. The standard InChI is InChI=1S/C20H15N3S/c1-14-9-11-16(12-10-14)24-19-8-4-7-18(22-19)20-21-13-15-5-2-3-6-17(15)23-20/h2-13H,1H3. The molecule has 116 valence electrons. The van der Waals surface area contributed by atoms with Crippen molar-refractivity contribution in [1.29, 1.82) is 0 Å². The van der Waals surface area contributed by atoms with Crippen LogP contribution in [0.4, 0.5) is 0 Å². The number of hydrogen-bond donors (Lipinski definition) is 0. The topological polar surface area (TPSA) is 38.7 Å². The first kappa shape index (κ1) is 14.8. The Morgan fingerprint density at radius 2 is 1.62 bits per heavy atom. The maximum absolute atomic E-state index is 4.71. The predicted octanol–water partition coefficient (Wildman–Crippen LogP) is 5.15. The Morgan fingerprint density at radius 1 is 0.792 bits per heavy atom. The van der Waals surface area contributed by atoms with E-state index in [1.54, 1.807) is 11.8 Å². The fourth-order valence-corrected chi connectivity index (χ4v) is 3.22. The van der Waals surface area contributed by atoms with Gasteiger partial charge in [-0.1, -0.05) is 53.7 Å². The molecule has 0 unspecified atom stereocenters. The van der Waals surface area contributed by atoms with Crippen molar-refractivity contribution in [3.8, 4) is 11.5 Å². The minimum atomic E-state index is 0.653. The van der Waals surface area contributed by atoms with E-state index in [4.69, 9.17) is 4.98 Å². The third kappa shape index (κ3) is 3.14. The molecule has 3 nitrogen and oxygen atoms in total. The van der Waals surface area contributed by atoms with Gasteiger partial charge in [-0.25, -0.2) is 15.0 Å². The van der Waals surface area contributed by atoms with Gasteiger partial charge in [-0.3, -0.25) is 0 Å². The molecule has 24 heavy (non-hydrogen) atoms. The lowest BCUT2D eigenvalue weighted by molar-refractivity contribution is 1.09. The van der Waals surface area contributed by atoms with Gasteiger partial charge in [0.25, 0.3) is 0 Å². The highest BCUT2D eigenvalue weighted by molar-refractivity contribution is 7.99. The summed E-state index contributed by atoms with van der Waals surface area (Å²) in [5.41, 5.74) is 2.98. The van der Waals surface area contributed by atoms with Crippen LogP contribution in [0, 0.1) is 6.92 Å². The second kappa shape index (κ2) is 6.42. The molecule has 4 rings (SSSR count). The number of fused-ring (bicyclic) bond motifs is 1. The molecule has 2 aromatic carbocycles. The molecule has 4 aromatic rings. The van der Waals surface area contributed by atoms with Crippen LogP contribution in [0.3, 0.4) is 0 Å². The SMILES string of the molecule is Cc1ccc(Sc2cccc(-c3ncc4ccccc4n3)n2)cc1. The van der Waals surface area contributed by atoms with Crippen LogP contribution < -0.4 is 0 Å². The van der Waals surface area contributed by atoms with E-state index in [0.717, 1.165) is 21.6 Å². The van der Waals surface area contributed by atoms with Gasteiger partial charge in [0.05, 0.1) is 5.52 Å². The zero-order chi connectivity index (χ0) is 16.4. The smallest absolute Gasteiger partial charge is 0.178 e. The number of aromatic nitrogens is 3. The highest BCUT2D eigenvalue weighted by atomic mass is 32.2. The first-order chi connectivity index (χ1) is 11.8. The van der Waals surface area contributed by atoms with Crippen LogP contribution >= 0.6 is 11.8 Å². The Bertz CT molecular complexity index is 997. The number of hydrogen-bond acceptors (Lipinski definition) is 4. The van der Waals surface area contributed by atoms with E-state index in [9.17, 15) is 0 Å². The molecule has 0 aliphatic carbocycles. The zero-order valence-corrected chi connectivity index (χ0v) is 14.0. The summed E-state index contributed by atoms with van der Waals surface area (Å²) in [4.78, 5) is 15.0. The summed E-state index contributed by atoms with van der Waals surface area (Å²) < 4.78 is 0. The lowest BCUT2D eigenvalue weighted by Gasteiger charge is -2.05. The van der Waals surface area contributed by atoms with Crippen LogP contribution in [0.2, 0.25) is 0 Å². The number of benzene rings is 2. The van der Waals surface area contributed by atoms with Crippen LogP contribution in [-0.2, 0) is 0 Å². The van der Waals surface area contributed by atoms with Crippen molar-refractivity contribution in [1.82, 2.24) is 15.0 Å². The van der Waals surface area contributed by atoms with Crippen molar-refractivity contribution in [3.63, 3.8) is 0 Å². The quantitative estimate of drug-likeness (QED) is 0.521. The first-order valence-corrected chi connectivity index (χ1v) is 8.53. The summed E-state index contributed by atoms with van der Waals surface area (Å²) in [7, 11) is 0. The minimum absolute atomic E-state index is 0.653. The summed E-state index contributed by atoms with van der Waals surface area (Å²) >= 11 is 1.64. The Kier molecular flexibility index (Phi) is 3.97. The molecule has 0 fully saturated rings. The van der Waals surface area contributed by atoms with Gasteiger partial charge in [0, 0.05) is 16.5 Å². The van der Waals surface area contributed by atoms with E-state index < -0.39 is 0 Å². The van der Waals surface area contributed by atoms with E-state index in [1.807, 2.05) is 48.7 Å². The van der Waals surface area contributed by atoms with E-state index in [1.165, 1.54) is 10.5 Å². The number of rotatable bonds is 3. The Morgan fingerprint density at radius 3 is 2.50 bits per heavy atom. The highest BCUT2D eigenvalue weighted by Crippen LogP contribution is 2.27. The summed E-state index contributed by atoms with van der Waals surface area (Å²) in [6, 6.07) is 22.4. The molecule has 0 radical (unpaired) electrons. The fourth-order valence-electron chi connectivity index (χ4n) is 2.42. The van der Waals surface area contributed by atoms with E-state index in [2.05, 4.69) is 41.2 Å². The van der Waals surface area contributed by atoms with Gasteiger partial charge in [-0.2, -0.15) is 0 Å². The van der Waals surface area contributed by atoms with Gasteiger partial charge < -0.3 is 0 Å². The molecular formula is C20H15N3S. The molecule has 2 heterocycles. The summed E-state index contributed by atoms with van der Waals surface area (Å²) in [5, 5.41) is 1.97. The van der Waals surface area contributed by atoms with Crippen molar-refractivity contribution in [2.45, 2.75) is 16.8 Å². The molecular weight excluding hydrogens is 314 g/mol. The van der Waals surface area contributed by atoms with Crippen LogP contribution in [0.1, 0.15) is 5.56 Å². The van der Waals surface area contributed by atoms with Gasteiger partial charge >= 0.3 is 0 Å². The summed E-state index contributed by atoms with van der Waals surface area (Å²) in [6.45, 7) is 2.09. The van der Waals surface area contributed by atoms with E-state index in [0.29, 0.717) is 5.82 Å².